The summed E-state index contributed by atoms with van der Waals surface area (Å²) in [6, 6.07) is 0. The third-order valence-corrected chi connectivity index (χ3v) is 2.57. The Hall–Kier alpha value is -0.520. The van der Waals surface area contributed by atoms with Crippen LogP contribution in [0, 0.1) is 0 Å². The molecule has 0 aromatic heterocycles. The SMILES string of the molecule is C1=CCCCCC/C=C/CCCC1. The minimum atomic E-state index is 1.29. The lowest BCUT2D eigenvalue weighted by Gasteiger charge is -1.94. The molecule has 0 N–H and O–H groups in total. The fourth-order valence-corrected chi connectivity index (χ4v) is 1.70. The molecule has 0 aliphatic heterocycles. The van der Waals surface area contributed by atoms with Crippen LogP contribution in [-0.2, 0) is 0 Å². The van der Waals surface area contributed by atoms with E-state index in [0.717, 1.165) is 0 Å². The molecule has 0 atom stereocenters. The van der Waals surface area contributed by atoms with Crippen molar-refractivity contribution in [2.75, 3.05) is 0 Å². The number of hydrogen-bond donors (Lipinski definition) is 0. The highest BCUT2D eigenvalue weighted by molar-refractivity contribution is 4.85. The molecule has 1 aliphatic carbocycles. The van der Waals surface area contributed by atoms with Crippen molar-refractivity contribution in [3.05, 3.63) is 24.3 Å². The van der Waals surface area contributed by atoms with Gasteiger partial charge in [0.25, 0.3) is 0 Å². The van der Waals surface area contributed by atoms with E-state index in [0.29, 0.717) is 0 Å². The van der Waals surface area contributed by atoms with Crippen molar-refractivity contribution in [2.24, 2.45) is 0 Å². The normalized spacial score (nSPS) is 24.0. The highest BCUT2D eigenvalue weighted by atomic mass is 13.9. The Morgan fingerprint density at radius 3 is 1.08 bits per heavy atom. The summed E-state index contributed by atoms with van der Waals surface area (Å²) < 4.78 is 0. The van der Waals surface area contributed by atoms with Gasteiger partial charge in [-0.2, -0.15) is 0 Å². The third kappa shape index (κ3) is 6.62. The third-order valence-electron chi connectivity index (χ3n) is 2.57. The van der Waals surface area contributed by atoms with Crippen molar-refractivity contribution in [1.82, 2.24) is 0 Å². The van der Waals surface area contributed by atoms with Crippen LogP contribution in [0.3, 0.4) is 0 Å². The molecule has 1 aliphatic rings. The van der Waals surface area contributed by atoms with Crippen LogP contribution < -0.4 is 0 Å². The summed E-state index contributed by atoms with van der Waals surface area (Å²) in [6.07, 6.45) is 21.5. The van der Waals surface area contributed by atoms with Crippen LogP contribution in [0.4, 0.5) is 0 Å². The molecule has 0 nitrogen and oxygen atoms in total. The lowest BCUT2D eigenvalue weighted by molar-refractivity contribution is 0.695. The summed E-state index contributed by atoms with van der Waals surface area (Å²) in [5.41, 5.74) is 0. The second kappa shape index (κ2) is 8.10. The Morgan fingerprint density at radius 1 is 0.385 bits per heavy atom. The van der Waals surface area contributed by atoms with Crippen LogP contribution in [0.15, 0.2) is 24.3 Å². The predicted octanol–water partition coefficient (Wildman–Crippen LogP) is 4.62. The van der Waals surface area contributed by atoms with Crippen LogP contribution in [0.25, 0.3) is 0 Å². The van der Waals surface area contributed by atoms with E-state index in [2.05, 4.69) is 24.3 Å². The van der Waals surface area contributed by atoms with Gasteiger partial charge in [-0.05, 0) is 51.4 Å². The average molecular weight is 178 g/mol. The van der Waals surface area contributed by atoms with E-state index < -0.39 is 0 Å². The Kier molecular flexibility index (Phi) is 6.58. The summed E-state index contributed by atoms with van der Waals surface area (Å²) in [4.78, 5) is 0. The smallest absolute Gasteiger partial charge is 0.0351 e. The van der Waals surface area contributed by atoms with E-state index in [4.69, 9.17) is 0 Å². The summed E-state index contributed by atoms with van der Waals surface area (Å²) in [5, 5.41) is 0. The quantitative estimate of drug-likeness (QED) is 0.475. The van der Waals surface area contributed by atoms with Crippen molar-refractivity contribution in [2.45, 2.75) is 57.8 Å². The molecule has 13 heavy (non-hydrogen) atoms. The highest BCUT2D eigenvalue weighted by Crippen LogP contribution is 2.08. The molecule has 0 heteroatoms. The maximum Gasteiger partial charge on any atom is -0.0351 e. The molecule has 0 heterocycles. The zero-order chi connectivity index (χ0) is 9.19. The molecule has 0 unspecified atom stereocenters. The number of hydrogen-bond acceptors (Lipinski definition) is 0. The standard InChI is InChI=1S/C13H22/c1-2-4-6-8-10-12-13-11-9-7-5-3-1/h1-2,11,13H,3-10,12H2/b2-1+,13-11?. The molecule has 0 spiro atoms. The van der Waals surface area contributed by atoms with Gasteiger partial charge >= 0.3 is 0 Å². The van der Waals surface area contributed by atoms with Crippen molar-refractivity contribution in [1.29, 1.82) is 0 Å². The van der Waals surface area contributed by atoms with Gasteiger partial charge in [-0.3, -0.25) is 0 Å². The fraction of sp³-hybridized carbons (Fsp3) is 0.692. The number of allylic oxidation sites excluding steroid dienone is 4. The maximum atomic E-state index is 2.37. The molecule has 0 bridgehead atoms. The predicted molar refractivity (Wildman–Crippen MR) is 59.8 cm³/mol. The van der Waals surface area contributed by atoms with Gasteiger partial charge < -0.3 is 0 Å². The molecule has 74 valence electrons. The zero-order valence-corrected chi connectivity index (χ0v) is 8.67. The van der Waals surface area contributed by atoms with Crippen molar-refractivity contribution >= 4 is 0 Å². The fourth-order valence-electron chi connectivity index (χ4n) is 1.70. The topological polar surface area (TPSA) is 0 Å². The minimum absolute atomic E-state index is 1.29. The van der Waals surface area contributed by atoms with Gasteiger partial charge in [0.15, 0.2) is 0 Å². The van der Waals surface area contributed by atoms with Gasteiger partial charge in [-0.25, -0.2) is 0 Å². The summed E-state index contributed by atoms with van der Waals surface area (Å²) in [5.74, 6) is 0. The zero-order valence-electron chi connectivity index (χ0n) is 8.67. The minimum Gasteiger partial charge on any atom is -0.0885 e. The summed E-state index contributed by atoms with van der Waals surface area (Å²) >= 11 is 0. The van der Waals surface area contributed by atoms with E-state index in [9.17, 15) is 0 Å². The lowest BCUT2D eigenvalue weighted by Crippen LogP contribution is -1.74. The van der Waals surface area contributed by atoms with Gasteiger partial charge in [0.1, 0.15) is 0 Å². The van der Waals surface area contributed by atoms with E-state index in [1.807, 2.05) is 0 Å². The number of rotatable bonds is 0. The average Bonchev–Trinajstić information content (AvgIpc) is 2.18. The largest absolute Gasteiger partial charge is 0.0885 e. The first-order valence-corrected chi connectivity index (χ1v) is 5.80. The Labute approximate surface area is 82.7 Å². The second-order valence-electron chi connectivity index (χ2n) is 3.87. The molecular weight excluding hydrogens is 156 g/mol. The molecular formula is C13H22. The first-order valence-electron chi connectivity index (χ1n) is 5.80. The molecule has 1 rings (SSSR count). The Morgan fingerprint density at radius 2 is 0.692 bits per heavy atom. The van der Waals surface area contributed by atoms with E-state index in [-0.39, 0.29) is 0 Å². The molecule has 0 fully saturated rings. The maximum absolute atomic E-state index is 2.37. The van der Waals surface area contributed by atoms with Crippen molar-refractivity contribution < 1.29 is 0 Å². The molecule has 0 radical (unpaired) electrons. The van der Waals surface area contributed by atoms with Crippen LogP contribution in [0.5, 0.6) is 0 Å². The van der Waals surface area contributed by atoms with Gasteiger partial charge in [-0.15, -0.1) is 0 Å². The van der Waals surface area contributed by atoms with Crippen LogP contribution >= 0.6 is 0 Å². The lowest BCUT2D eigenvalue weighted by atomic mass is 10.1. The molecule has 0 amide bonds. The van der Waals surface area contributed by atoms with Gasteiger partial charge in [0, 0.05) is 0 Å². The van der Waals surface area contributed by atoms with Crippen LogP contribution in [-0.4, -0.2) is 0 Å². The monoisotopic (exact) mass is 178 g/mol. The van der Waals surface area contributed by atoms with Crippen LogP contribution in [0.2, 0.25) is 0 Å². The summed E-state index contributed by atoms with van der Waals surface area (Å²) in [7, 11) is 0. The Bertz CT molecular complexity index is 135. The van der Waals surface area contributed by atoms with E-state index >= 15 is 0 Å². The molecule has 0 saturated carbocycles. The van der Waals surface area contributed by atoms with Gasteiger partial charge in [-0.1, -0.05) is 30.7 Å². The van der Waals surface area contributed by atoms with Crippen molar-refractivity contribution in [3.8, 4) is 0 Å². The summed E-state index contributed by atoms with van der Waals surface area (Å²) in [6.45, 7) is 0. The van der Waals surface area contributed by atoms with E-state index in [1.54, 1.807) is 0 Å². The first-order chi connectivity index (χ1) is 6.50. The molecule has 0 aromatic carbocycles. The second-order valence-corrected chi connectivity index (χ2v) is 3.87. The van der Waals surface area contributed by atoms with E-state index in [1.165, 1.54) is 57.8 Å². The van der Waals surface area contributed by atoms with Gasteiger partial charge in [0.05, 0.1) is 0 Å². The van der Waals surface area contributed by atoms with Crippen LogP contribution in [0.1, 0.15) is 57.8 Å². The molecule has 0 saturated heterocycles. The van der Waals surface area contributed by atoms with Crippen molar-refractivity contribution in [3.63, 3.8) is 0 Å². The Balaban J connectivity index is 2.18. The van der Waals surface area contributed by atoms with Gasteiger partial charge in [0.2, 0.25) is 0 Å². The first kappa shape index (κ1) is 10.6. The molecule has 0 aromatic rings. The highest BCUT2D eigenvalue weighted by Gasteiger charge is 1.88.